The Hall–Kier alpha value is -2.09. The molecule has 0 aliphatic rings. The van der Waals surface area contributed by atoms with E-state index in [-0.39, 0.29) is 5.56 Å². The van der Waals surface area contributed by atoms with Gasteiger partial charge in [-0.25, -0.2) is 4.79 Å². The van der Waals surface area contributed by atoms with E-state index in [1.807, 2.05) is 4.57 Å². The lowest BCUT2D eigenvalue weighted by Gasteiger charge is -2.12. The summed E-state index contributed by atoms with van der Waals surface area (Å²) in [5, 5.41) is 3.29. The Morgan fingerprint density at radius 3 is 2.61 bits per heavy atom. The van der Waals surface area contributed by atoms with Crippen molar-refractivity contribution in [1.82, 2.24) is 19.1 Å². The standard InChI is InChI=1S/C15H26N6O2/c1-10(2)6-8-21-11-12(20(5)15(23)18-13(11)22)17-14(21)16-7-9-19(3)4/h10H,6-9H2,1-5H3,(H,16,17)(H,18,22,23)/p+1. The van der Waals surface area contributed by atoms with E-state index in [0.717, 1.165) is 19.5 Å². The zero-order valence-corrected chi connectivity index (χ0v) is 14.6. The number of fused-ring (bicyclic) bond motifs is 1. The zero-order chi connectivity index (χ0) is 17.1. The van der Waals surface area contributed by atoms with Crippen LogP contribution in [0.3, 0.4) is 0 Å². The van der Waals surface area contributed by atoms with E-state index in [9.17, 15) is 9.59 Å². The first-order valence-electron chi connectivity index (χ1n) is 8.03. The van der Waals surface area contributed by atoms with Crippen molar-refractivity contribution < 1.29 is 4.90 Å². The van der Waals surface area contributed by atoms with Crippen LogP contribution in [0.15, 0.2) is 9.59 Å². The second-order valence-electron chi connectivity index (χ2n) is 6.64. The van der Waals surface area contributed by atoms with Crippen LogP contribution in [0.2, 0.25) is 0 Å². The molecule has 0 bridgehead atoms. The third-order valence-electron chi connectivity index (χ3n) is 3.85. The van der Waals surface area contributed by atoms with E-state index >= 15 is 0 Å². The van der Waals surface area contributed by atoms with Crippen LogP contribution < -0.4 is 21.5 Å². The number of anilines is 1. The van der Waals surface area contributed by atoms with Gasteiger partial charge in [0.15, 0.2) is 11.2 Å². The highest BCUT2D eigenvalue weighted by Crippen LogP contribution is 2.17. The lowest BCUT2D eigenvalue weighted by molar-refractivity contribution is -0.856. The number of imidazole rings is 1. The van der Waals surface area contributed by atoms with Gasteiger partial charge in [0.25, 0.3) is 5.56 Å². The third kappa shape index (κ3) is 3.82. The number of nitrogens with zero attached hydrogens (tertiary/aromatic N) is 3. The van der Waals surface area contributed by atoms with E-state index in [1.165, 1.54) is 9.47 Å². The first-order valence-corrected chi connectivity index (χ1v) is 8.03. The van der Waals surface area contributed by atoms with Gasteiger partial charge in [0, 0.05) is 13.6 Å². The Morgan fingerprint density at radius 1 is 1.30 bits per heavy atom. The molecule has 0 aliphatic heterocycles. The Bertz CT molecular complexity index is 784. The van der Waals surface area contributed by atoms with Gasteiger partial charge < -0.3 is 14.8 Å². The molecular formula is C15H27N6O2+. The summed E-state index contributed by atoms with van der Waals surface area (Å²) in [5.74, 6) is 1.16. The Morgan fingerprint density at radius 2 is 2.00 bits per heavy atom. The second kappa shape index (κ2) is 6.99. The van der Waals surface area contributed by atoms with Crippen LogP contribution in [-0.2, 0) is 13.6 Å². The number of H-pyrrole nitrogens is 1. The topological polar surface area (TPSA) is 89.2 Å². The molecule has 0 aromatic carbocycles. The first kappa shape index (κ1) is 17.3. The van der Waals surface area contributed by atoms with Crippen molar-refractivity contribution in [3.63, 3.8) is 0 Å². The quantitative estimate of drug-likeness (QED) is 0.611. The van der Waals surface area contributed by atoms with Crippen LogP contribution in [0.25, 0.3) is 11.2 Å². The summed E-state index contributed by atoms with van der Waals surface area (Å²) in [6, 6.07) is 0. The highest BCUT2D eigenvalue weighted by molar-refractivity contribution is 5.74. The van der Waals surface area contributed by atoms with Gasteiger partial charge in [-0.05, 0) is 12.3 Å². The van der Waals surface area contributed by atoms with Crippen LogP contribution in [0.1, 0.15) is 20.3 Å². The minimum absolute atomic E-state index is 0.384. The molecule has 0 spiro atoms. The lowest BCUT2D eigenvalue weighted by Crippen LogP contribution is -3.06. The molecule has 8 heteroatoms. The number of aromatic nitrogens is 4. The van der Waals surface area contributed by atoms with Gasteiger partial charge in [-0.1, -0.05) is 13.8 Å². The van der Waals surface area contributed by atoms with Gasteiger partial charge in [-0.3, -0.25) is 14.3 Å². The summed E-state index contributed by atoms with van der Waals surface area (Å²) >= 11 is 0. The highest BCUT2D eigenvalue weighted by atomic mass is 16.2. The molecule has 0 saturated heterocycles. The van der Waals surface area contributed by atoms with Crippen LogP contribution in [0, 0.1) is 5.92 Å². The second-order valence-corrected chi connectivity index (χ2v) is 6.64. The molecule has 2 heterocycles. The van der Waals surface area contributed by atoms with Gasteiger partial charge in [0.1, 0.15) is 0 Å². The van der Waals surface area contributed by atoms with Crippen molar-refractivity contribution >= 4 is 17.1 Å². The maximum absolute atomic E-state index is 12.3. The van der Waals surface area contributed by atoms with Crippen molar-refractivity contribution in [3.05, 3.63) is 20.8 Å². The summed E-state index contributed by atoms with van der Waals surface area (Å²) in [5.41, 5.74) is 0.0422. The van der Waals surface area contributed by atoms with E-state index in [1.54, 1.807) is 7.05 Å². The fraction of sp³-hybridized carbons (Fsp3) is 0.667. The molecule has 23 heavy (non-hydrogen) atoms. The van der Waals surface area contributed by atoms with Gasteiger partial charge >= 0.3 is 5.69 Å². The number of hydrogen-bond donors (Lipinski definition) is 3. The number of quaternary nitrogens is 1. The molecule has 2 aromatic heterocycles. The van der Waals surface area contributed by atoms with E-state index in [2.05, 4.69) is 43.2 Å². The molecule has 0 saturated carbocycles. The molecule has 3 N–H and O–H groups in total. The Labute approximate surface area is 135 Å². The number of aryl methyl sites for hydroxylation is 2. The van der Waals surface area contributed by atoms with Gasteiger partial charge in [0.2, 0.25) is 5.95 Å². The smallest absolute Gasteiger partial charge is 0.329 e. The van der Waals surface area contributed by atoms with Crippen LogP contribution in [0.4, 0.5) is 5.95 Å². The number of aromatic amines is 1. The highest BCUT2D eigenvalue weighted by Gasteiger charge is 2.17. The van der Waals surface area contributed by atoms with Crippen LogP contribution in [0.5, 0.6) is 0 Å². The van der Waals surface area contributed by atoms with Crippen molar-refractivity contribution in [1.29, 1.82) is 0 Å². The molecule has 8 nitrogen and oxygen atoms in total. The molecule has 0 fully saturated rings. The van der Waals surface area contributed by atoms with Crippen molar-refractivity contribution in [3.8, 4) is 0 Å². The number of nitrogens with one attached hydrogen (secondary N) is 3. The number of hydrogen-bond acceptors (Lipinski definition) is 4. The van der Waals surface area contributed by atoms with Crippen molar-refractivity contribution in [2.24, 2.45) is 13.0 Å². The molecule has 0 aliphatic carbocycles. The minimum Gasteiger partial charge on any atom is -0.350 e. The minimum atomic E-state index is -0.444. The summed E-state index contributed by atoms with van der Waals surface area (Å²) in [6.45, 7) is 6.65. The van der Waals surface area contributed by atoms with Crippen molar-refractivity contribution in [2.75, 3.05) is 32.5 Å². The molecule has 0 radical (unpaired) electrons. The maximum Gasteiger partial charge on any atom is 0.329 e. The number of rotatable bonds is 7. The van der Waals surface area contributed by atoms with Gasteiger partial charge in [-0.2, -0.15) is 4.98 Å². The van der Waals surface area contributed by atoms with Gasteiger partial charge in [0.05, 0.1) is 27.2 Å². The lowest BCUT2D eigenvalue weighted by atomic mass is 10.1. The average Bonchev–Trinajstić information content (AvgIpc) is 2.81. The Balaban J connectivity index is 2.48. The first-order chi connectivity index (χ1) is 10.8. The normalized spacial score (nSPS) is 11.8. The molecule has 2 aromatic rings. The maximum atomic E-state index is 12.3. The van der Waals surface area contributed by atoms with E-state index in [4.69, 9.17) is 0 Å². The average molecular weight is 323 g/mol. The molecular weight excluding hydrogens is 296 g/mol. The van der Waals surface area contributed by atoms with Crippen molar-refractivity contribution in [2.45, 2.75) is 26.8 Å². The molecule has 0 atom stereocenters. The molecule has 0 amide bonds. The predicted molar refractivity (Wildman–Crippen MR) is 91.2 cm³/mol. The largest absolute Gasteiger partial charge is 0.350 e. The molecule has 0 unspecified atom stereocenters. The van der Waals surface area contributed by atoms with Gasteiger partial charge in [-0.15, -0.1) is 0 Å². The Kier molecular flexibility index (Phi) is 5.25. The summed E-state index contributed by atoms with van der Waals surface area (Å²) in [4.78, 5) is 32.2. The summed E-state index contributed by atoms with van der Waals surface area (Å²) in [6.07, 6.45) is 0.932. The summed E-state index contributed by atoms with van der Waals surface area (Å²) < 4.78 is 3.27. The fourth-order valence-electron chi connectivity index (χ4n) is 2.40. The SMILES string of the molecule is CC(C)CCn1c(NCC[NH+](C)C)nc2c1c(=O)[nH]c(=O)n2C. The predicted octanol–water partition coefficient (Wildman–Crippen LogP) is -0.974. The zero-order valence-electron chi connectivity index (χ0n) is 14.6. The molecule has 128 valence electrons. The van der Waals surface area contributed by atoms with E-state index < -0.39 is 5.69 Å². The van der Waals surface area contributed by atoms with Crippen LogP contribution in [-0.4, -0.2) is 46.3 Å². The van der Waals surface area contributed by atoms with E-state index in [0.29, 0.717) is 29.6 Å². The van der Waals surface area contributed by atoms with Crippen LogP contribution >= 0.6 is 0 Å². The summed E-state index contributed by atoms with van der Waals surface area (Å²) in [7, 11) is 5.78. The molecule has 2 rings (SSSR count). The third-order valence-corrected chi connectivity index (χ3v) is 3.85. The number of likely N-dealkylation sites (N-methyl/N-ethyl adjacent to an activating group) is 1. The fourth-order valence-corrected chi connectivity index (χ4v) is 2.40. The monoisotopic (exact) mass is 323 g/mol.